The number of carbonyl (C=O) groups is 1. The summed E-state index contributed by atoms with van der Waals surface area (Å²) in [5.74, 6) is -0.667. The fraction of sp³-hybridized carbons (Fsp3) is 0.455. The molecule has 1 aromatic rings. The van der Waals surface area contributed by atoms with Gasteiger partial charge in [-0.2, -0.15) is 13.2 Å². The maximum atomic E-state index is 12.3. The van der Waals surface area contributed by atoms with Crippen molar-refractivity contribution < 1.29 is 18.0 Å². The van der Waals surface area contributed by atoms with Crippen molar-refractivity contribution in [2.75, 3.05) is 18.4 Å². The number of rotatable bonds is 4. The average molecular weight is 325 g/mol. The molecule has 7 heteroatoms. The quantitative estimate of drug-likeness (QED) is 0.798. The second-order valence-electron chi connectivity index (χ2n) is 3.72. The highest BCUT2D eigenvalue weighted by Crippen LogP contribution is 2.18. The van der Waals surface area contributed by atoms with Crippen molar-refractivity contribution >= 4 is 21.8 Å². The summed E-state index contributed by atoms with van der Waals surface area (Å²) in [6, 6.07) is 3.06. The van der Waals surface area contributed by atoms with E-state index in [0.717, 1.165) is 4.90 Å². The molecule has 0 aliphatic rings. The van der Waals surface area contributed by atoms with Crippen molar-refractivity contribution in [3.05, 3.63) is 29.6 Å². The van der Waals surface area contributed by atoms with Gasteiger partial charge in [0, 0.05) is 23.8 Å². The summed E-state index contributed by atoms with van der Waals surface area (Å²) in [5, 5.41) is 0.286. The molecule has 0 radical (unpaired) electrons. The highest BCUT2D eigenvalue weighted by molar-refractivity contribution is 9.09. The highest BCUT2D eigenvalue weighted by Gasteiger charge is 2.33. The van der Waals surface area contributed by atoms with Crippen molar-refractivity contribution in [3.63, 3.8) is 0 Å². The van der Waals surface area contributed by atoms with E-state index in [1.165, 1.54) is 12.3 Å². The van der Waals surface area contributed by atoms with Crippen LogP contribution in [0.2, 0.25) is 0 Å². The summed E-state index contributed by atoms with van der Waals surface area (Å²) in [6.45, 7) is 0.470. The average Bonchev–Trinajstić information content (AvgIpc) is 2.27. The smallest absolute Gasteiger partial charge is 0.329 e. The zero-order valence-corrected chi connectivity index (χ0v) is 11.3. The molecule has 0 saturated heterocycles. The summed E-state index contributed by atoms with van der Waals surface area (Å²) in [7, 11) is 0. The summed E-state index contributed by atoms with van der Waals surface area (Å²) in [6.07, 6.45) is -3.12. The number of hydrogen-bond donors (Lipinski definition) is 0. The minimum Gasteiger partial charge on any atom is -0.329 e. The van der Waals surface area contributed by atoms with Gasteiger partial charge in [-0.3, -0.25) is 9.78 Å². The van der Waals surface area contributed by atoms with Gasteiger partial charge in [-0.25, -0.2) is 0 Å². The van der Waals surface area contributed by atoms with E-state index < -0.39 is 18.6 Å². The molecule has 0 aliphatic carbocycles. The van der Waals surface area contributed by atoms with Crippen LogP contribution in [0.25, 0.3) is 0 Å². The summed E-state index contributed by atoms with van der Waals surface area (Å²) in [5.41, 5.74) is 0.861. The van der Waals surface area contributed by atoms with Gasteiger partial charge < -0.3 is 4.90 Å². The first-order chi connectivity index (χ1) is 8.33. The Morgan fingerprint density at radius 2 is 2.11 bits per heavy atom. The number of amides is 1. The summed E-state index contributed by atoms with van der Waals surface area (Å²) >= 11 is 3.03. The summed E-state index contributed by atoms with van der Waals surface area (Å²) in [4.78, 5) is 16.5. The Balaban J connectivity index is 2.85. The molecule has 0 N–H and O–H groups in total. The van der Waals surface area contributed by atoms with Gasteiger partial charge in [-0.1, -0.05) is 15.9 Å². The van der Waals surface area contributed by atoms with Crippen LogP contribution in [0, 0.1) is 6.92 Å². The monoisotopic (exact) mass is 324 g/mol. The van der Waals surface area contributed by atoms with E-state index in [2.05, 4.69) is 20.9 Å². The van der Waals surface area contributed by atoms with Crippen molar-refractivity contribution in [3.8, 4) is 0 Å². The Hall–Kier alpha value is -1.11. The van der Waals surface area contributed by atoms with Crippen molar-refractivity contribution in [2.24, 2.45) is 0 Å². The van der Waals surface area contributed by atoms with Crippen LogP contribution in [-0.2, 0) is 0 Å². The Labute approximate surface area is 111 Å². The predicted octanol–water partition coefficient (Wildman–Crippen LogP) is 2.79. The predicted molar refractivity (Wildman–Crippen MR) is 64.7 cm³/mol. The van der Waals surface area contributed by atoms with E-state index in [4.69, 9.17) is 0 Å². The molecule has 3 nitrogen and oxygen atoms in total. The fourth-order valence-corrected chi connectivity index (χ4v) is 1.78. The molecule has 0 aromatic carbocycles. The van der Waals surface area contributed by atoms with Crippen LogP contribution in [0.5, 0.6) is 0 Å². The van der Waals surface area contributed by atoms with Gasteiger partial charge in [0.05, 0.1) is 5.56 Å². The van der Waals surface area contributed by atoms with Gasteiger partial charge in [-0.15, -0.1) is 0 Å². The zero-order chi connectivity index (χ0) is 13.8. The van der Waals surface area contributed by atoms with E-state index in [0.29, 0.717) is 5.69 Å². The molecular formula is C11H12BrF3N2O. The summed E-state index contributed by atoms with van der Waals surface area (Å²) < 4.78 is 37.0. The molecule has 0 bridgehead atoms. The first-order valence-corrected chi connectivity index (χ1v) is 6.30. The third kappa shape index (κ3) is 4.64. The van der Waals surface area contributed by atoms with Crippen molar-refractivity contribution in [1.29, 1.82) is 0 Å². The first kappa shape index (κ1) is 14.9. The molecule has 0 fully saturated rings. The fourth-order valence-electron chi connectivity index (χ4n) is 1.35. The van der Waals surface area contributed by atoms with Gasteiger partial charge in [0.2, 0.25) is 0 Å². The highest BCUT2D eigenvalue weighted by atomic mass is 79.9. The first-order valence-electron chi connectivity index (χ1n) is 5.18. The minimum absolute atomic E-state index is 0.00772. The van der Waals surface area contributed by atoms with E-state index in [-0.39, 0.29) is 17.4 Å². The van der Waals surface area contributed by atoms with Crippen LogP contribution in [-0.4, -0.2) is 40.4 Å². The maximum absolute atomic E-state index is 12.3. The molecule has 1 aromatic heterocycles. The van der Waals surface area contributed by atoms with E-state index in [9.17, 15) is 18.0 Å². The lowest BCUT2D eigenvalue weighted by molar-refractivity contribution is -0.140. The second kappa shape index (κ2) is 6.17. The minimum atomic E-state index is -4.41. The number of hydrogen-bond acceptors (Lipinski definition) is 2. The lowest BCUT2D eigenvalue weighted by Crippen LogP contribution is -2.40. The molecule has 0 spiro atoms. The van der Waals surface area contributed by atoms with Gasteiger partial charge in [0.1, 0.15) is 6.54 Å². The van der Waals surface area contributed by atoms with Crippen molar-refractivity contribution in [2.45, 2.75) is 13.1 Å². The number of halogens is 4. The molecule has 1 amide bonds. The van der Waals surface area contributed by atoms with Crippen molar-refractivity contribution in [1.82, 2.24) is 9.88 Å². The lowest BCUT2D eigenvalue weighted by Gasteiger charge is -2.23. The third-order valence-electron chi connectivity index (χ3n) is 2.17. The molecule has 0 unspecified atom stereocenters. The molecule has 1 rings (SSSR count). The molecule has 0 saturated carbocycles. The molecule has 0 aliphatic heterocycles. The van der Waals surface area contributed by atoms with Gasteiger partial charge in [-0.05, 0) is 19.1 Å². The Kier molecular flexibility index (Phi) is 5.13. The number of pyridine rings is 1. The molecule has 0 atom stereocenters. The maximum Gasteiger partial charge on any atom is 0.406 e. The Morgan fingerprint density at radius 1 is 1.44 bits per heavy atom. The van der Waals surface area contributed by atoms with Crippen LogP contribution >= 0.6 is 15.9 Å². The van der Waals surface area contributed by atoms with Crippen LogP contribution in [0.4, 0.5) is 13.2 Å². The standard InChI is InChI=1S/C11H12BrF3N2O/c1-8-2-3-9(6-16-8)10(18)17(5-4-12)7-11(13,14)15/h2-3,6H,4-5,7H2,1H3. The Morgan fingerprint density at radius 3 is 2.56 bits per heavy atom. The lowest BCUT2D eigenvalue weighted by atomic mass is 10.2. The topological polar surface area (TPSA) is 33.2 Å². The van der Waals surface area contributed by atoms with E-state index in [1.54, 1.807) is 13.0 Å². The van der Waals surface area contributed by atoms with Crippen LogP contribution in [0.1, 0.15) is 16.1 Å². The Bertz CT molecular complexity index is 406. The zero-order valence-electron chi connectivity index (χ0n) is 9.67. The molecular weight excluding hydrogens is 313 g/mol. The molecule has 1 heterocycles. The number of alkyl halides is 4. The normalized spacial score (nSPS) is 11.4. The number of aryl methyl sites for hydroxylation is 1. The largest absolute Gasteiger partial charge is 0.406 e. The van der Waals surface area contributed by atoms with E-state index in [1.807, 2.05) is 0 Å². The molecule has 100 valence electrons. The second-order valence-corrected chi connectivity index (χ2v) is 4.51. The number of aromatic nitrogens is 1. The third-order valence-corrected chi connectivity index (χ3v) is 2.52. The van der Waals surface area contributed by atoms with Gasteiger partial charge in [0.25, 0.3) is 5.91 Å². The van der Waals surface area contributed by atoms with Crippen LogP contribution in [0.3, 0.4) is 0 Å². The van der Waals surface area contributed by atoms with E-state index >= 15 is 0 Å². The SMILES string of the molecule is Cc1ccc(C(=O)N(CCBr)CC(F)(F)F)cn1. The van der Waals surface area contributed by atoms with Gasteiger partial charge in [0.15, 0.2) is 0 Å². The van der Waals surface area contributed by atoms with Gasteiger partial charge >= 0.3 is 6.18 Å². The van der Waals surface area contributed by atoms with Crippen LogP contribution < -0.4 is 0 Å². The van der Waals surface area contributed by atoms with Crippen LogP contribution in [0.15, 0.2) is 18.3 Å². The number of carbonyl (C=O) groups excluding carboxylic acids is 1. The number of nitrogens with zero attached hydrogens (tertiary/aromatic N) is 2. The molecule has 18 heavy (non-hydrogen) atoms.